The van der Waals surface area contributed by atoms with Crippen molar-refractivity contribution in [2.24, 2.45) is 5.73 Å². The molecule has 22 heavy (non-hydrogen) atoms. The van der Waals surface area contributed by atoms with Crippen LogP contribution in [0.5, 0.6) is 0 Å². The molecule has 0 aliphatic carbocycles. The smallest absolute Gasteiger partial charge is 0.320 e. The van der Waals surface area contributed by atoms with Crippen LogP contribution in [-0.4, -0.2) is 76.3 Å². The fraction of sp³-hybridized carbons (Fsp3) is 0.667. The first-order valence-electron chi connectivity index (χ1n) is 6.63. The summed E-state index contributed by atoms with van der Waals surface area (Å²) in [4.78, 5) is 43.8. The number of amides is 1. The second-order valence-corrected chi connectivity index (χ2v) is 4.02. The molecule has 0 radical (unpaired) electrons. The zero-order chi connectivity index (χ0) is 17.7. The van der Waals surface area contributed by atoms with E-state index >= 15 is 0 Å². The van der Waals surface area contributed by atoms with Gasteiger partial charge in [0.2, 0.25) is 5.91 Å². The number of carbonyl (C=O) groups excluding carboxylic acids is 1. The third-order valence-corrected chi connectivity index (χ3v) is 2.18. The summed E-state index contributed by atoms with van der Waals surface area (Å²) < 4.78 is 0. The van der Waals surface area contributed by atoms with Crippen LogP contribution in [0.3, 0.4) is 0 Å². The van der Waals surface area contributed by atoms with Gasteiger partial charge in [0.1, 0.15) is 6.04 Å². The molecule has 0 heterocycles. The minimum absolute atomic E-state index is 0.000281. The van der Waals surface area contributed by atoms with Crippen molar-refractivity contribution in [3.8, 4) is 0 Å². The molecule has 0 aromatic carbocycles. The highest BCUT2D eigenvalue weighted by Crippen LogP contribution is 1.90. The molecular weight excluding hydrogens is 298 g/mol. The number of hydrogen-bond acceptors (Lipinski definition) is 6. The van der Waals surface area contributed by atoms with Crippen molar-refractivity contribution in [2.45, 2.75) is 26.3 Å². The Morgan fingerprint density at radius 1 is 1.00 bits per heavy atom. The molecule has 10 heteroatoms. The van der Waals surface area contributed by atoms with Gasteiger partial charge in [0.05, 0.1) is 19.6 Å². The maximum Gasteiger partial charge on any atom is 0.320 e. The number of rotatable bonds is 10. The second kappa shape index (κ2) is 12.5. The van der Waals surface area contributed by atoms with E-state index in [1.165, 1.54) is 0 Å². The van der Waals surface area contributed by atoms with Crippen LogP contribution >= 0.6 is 0 Å². The van der Waals surface area contributed by atoms with Crippen molar-refractivity contribution in [1.29, 1.82) is 0 Å². The Hall–Kier alpha value is -2.20. The molecule has 0 bridgehead atoms. The van der Waals surface area contributed by atoms with Crippen molar-refractivity contribution >= 4 is 23.8 Å². The molecule has 1 atom stereocenters. The van der Waals surface area contributed by atoms with Gasteiger partial charge >= 0.3 is 17.9 Å². The molecule has 0 fully saturated rings. The fourth-order valence-electron chi connectivity index (χ4n) is 1.30. The summed E-state index contributed by atoms with van der Waals surface area (Å²) in [7, 11) is 0. The average Bonchev–Trinajstić information content (AvgIpc) is 2.38. The number of nitrogens with two attached hydrogens (primary N) is 1. The monoisotopic (exact) mass is 321 g/mol. The first kappa shape index (κ1) is 22.1. The molecule has 1 amide bonds. The Kier molecular flexibility index (Phi) is 12.6. The quantitative estimate of drug-likeness (QED) is 0.318. The Labute approximate surface area is 127 Å². The summed E-state index contributed by atoms with van der Waals surface area (Å²) in [6.45, 7) is 2.41. The number of aliphatic carboxylic acids is 3. The van der Waals surface area contributed by atoms with Gasteiger partial charge in [-0.05, 0) is 6.42 Å². The van der Waals surface area contributed by atoms with E-state index < -0.39 is 49.5 Å². The zero-order valence-electron chi connectivity index (χ0n) is 12.6. The summed E-state index contributed by atoms with van der Waals surface area (Å²) >= 11 is 0. The van der Waals surface area contributed by atoms with Crippen molar-refractivity contribution in [3.05, 3.63) is 0 Å². The number of nitrogens with one attached hydrogen (secondary N) is 1. The van der Waals surface area contributed by atoms with Gasteiger partial charge < -0.3 is 26.4 Å². The largest absolute Gasteiger partial charge is 0.480 e. The molecular formula is C12H23N3O7. The summed E-state index contributed by atoms with van der Waals surface area (Å²) in [6.07, 6.45) is 0.0128. The average molecular weight is 321 g/mol. The number of carboxylic acids is 3. The number of carbonyl (C=O) groups is 4. The molecule has 0 aliphatic heterocycles. The van der Waals surface area contributed by atoms with E-state index in [9.17, 15) is 19.2 Å². The molecule has 0 saturated heterocycles. The van der Waals surface area contributed by atoms with Gasteiger partial charge in [-0.1, -0.05) is 13.8 Å². The molecule has 0 rings (SSSR count). The first-order valence-corrected chi connectivity index (χ1v) is 6.63. The highest BCUT2D eigenvalue weighted by atomic mass is 16.4. The van der Waals surface area contributed by atoms with Gasteiger partial charge in [0.15, 0.2) is 0 Å². The number of carboxylic acid groups (broad SMARTS) is 3. The number of hydrogen-bond donors (Lipinski definition) is 5. The van der Waals surface area contributed by atoms with Crippen LogP contribution in [0.2, 0.25) is 0 Å². The highest BCUT2D eigenvalue weighted by molar-refractivity contribution is 5.80. The van der Waals surface area contributed by atoms with Crippen molar-refractivity contribution in [2.75, 3.05) is 26.2 Å². The van der Waals surface area contributed by atoms with Crippen LogP contribution in [0.25, 0.3) is 0 Å². The lowest BCUT2D eigenvalue weighted by Gasteiger charge is -2.17. The fourth-order valence-corrected chi connectivity index (χ4v) is 1.30. The molecule has 10 nitrogen and oxygen atoms in total. The van der Waals surface area contributed by atoms with Crippen molar-refractivity contribution in [3.63, 3.8) is 0 Å². The lowest BCUT2D eigenvalue weighted by molar-refractivity contribution is -0.143. The first-order chi connectivity index (χ1) is 10.2. The minimum Gasteiger partial charge on any atom is -0.480 e. The molecule has 0 aliphatic rings. The Bertz CT molecular complexity index is 371. The third kappa shape index (κ3) is 12.8. The molecule has 0 aromatic rings. The van der Waals surface area contributed by atoms with E-state index in [0.717, 1.165) is 4.90 Å². The van der Waals surface area contributed by atoms with Gasteiger partial charge in [-0.25, -0.2) is 0 Å². The van der Waals surface area contributed by atoms with E-state index in [4.69, 9.17) is 21.1 Å². The molecule has 0 spiro atoms. The lowest BCUT2D eigenvalue weighted by atomic mass is 10.2. The molecule has 128 valence electrons. The highest BCUT2D eigenvalue weighted by Gasteiger charge is 2.17. The Morgan fingerprint density at radius 3 is 1.82 bits per heavy atom. The van der Waals surface area contributed by atoms with Gasteiger partial charge in [-0.3, -0.25) is 24.1 Å². The topological polar surface area (TPSA) is 170 Å². The predicted octanol–water partition coefficient (Wildman–Crippen LogP) is -1.60. The summed E-state index contributed by atoms with van der Waals surface area (Å²) in [5.41, 5.74) is 5.22. The van der Waals surface area contributed by atoms with E-state index in [1.807, 2.05) is 13.8 Å². The van der Waals surface area contributed by atoms with Crippen LogP contribution in [-0.2, 0) is 19.2 Å². The standard InChI is InChI=1S/C10H17N3O7.C2H6/c11-6(10(19)20)1-2-12-7(14)3-13(4-8(15)16)5-9(17)18;1-2/h6H,1-5,11H2,(H,12,14)(H,15,16)(H,17,18)(H,19,20);1-2H3. The van der Waals surface area contributed by atoms with Crippen LogP contribution in [0, 0.1) is 0 Å². The van der Waals surface area contributed by atoms with E-state index in [2.05, 4.69) is 5.32 Å². The van der Waals surface area contributed by atoms with Gasteiger partial charge in [-0.15, -0.1) is 0 Å². The lowest BCUT2D eigenvalue weighted by Crippen LogP contribution is -2.43. The van der Waals surface area contributed by atoms with Crippen LogP contribution in [0.1, 0.15) is 20.3 Å². The maximum atomic E-state index is 11.4. The van der Waals surface area contributed by atoms with Crippen molar-refractivity contribution < 1.29 is 34.5 Å². The van der Waals surface area contributed by atoms with E-state index in [-0.39, 0.29) is 13.0 Å². The zero-order valence-corrected chi connectivity index (χ0v) is 12.6. The van der Waals surface area contributed by atoms with Crippen LogP contribution in [0.15, 0.2) is 0 Å². The predicted molar refractivity (Wildman–Crippen MR) is 76.3 cm³/mol. The second-order valence-electron chi connectivity index (χ2n) is 4.02. The maximum absolute atomic E-state index is 11.4. The Morgan fingerprint density at radius 2 is 1.45 bits per heavy atom. The van der Waals surface area contributed by atoms with Gasteiger partial charge in [0.25, 0.3) is 0 Å². The number of nitrogens with zero attached hydrogens (tertiary/aromatic N) is 1. The van der Waals surface area contributed by atoms with Gasteiger partial charge in [0, 0.05) is 6.54 Å². The SMILES string of the molecule is CC.NC(CCNC(=O)CN(CC(=O)O)CC(=O)O)C(=O)O. The van der Waals surface area contributed by atoms with E-state index in [0.29, 0.717) is 0 Å². The van der Waals surface area contributed by atoms with Crippen LogP contribution in [0.4, 0.5) is 0 Å². The summed E-state index contributed by atoms with van der Waals surface area (Å²) in [6, 6.07) is -1.11. The molecule has 1 unspecified atom stereocenters. The van der Waals surface area contributed by atoms with Crippen LogP contribution < -0.4 is 11.1 Å². The summed E-state index contributed by atoms with van der Waals surface area (Å²) in [5.74, 6) is -4.32. The summed E-state index contributed by atoms with van der Waals surface area (Å²) in [5, 5.41) is 28.0. The van der Waals surface area contributed by atoms with Crippen molar-refractivity contribution in [1.82, 2.24) is 10.2 Å². The molecule has 6 N–H and O–H groups in total. The molecule has 0 aromatic heterocycles. The third-order valence-electron chi connectivity index (χ3n) is 2.18. The molecule has 0 saturated carbocycles. The minimum atomic E-state index is -1.26. The van der Waals surface area contributed by atoms with E-state index in [1.54, 1.807) is 0 Å². The van der Waals surface area contributed by atoms with Gasteiger partial charge in [-0.2, -0.15) is 0 Å². The normalized spacial score (nSPS) is 11.1. The Balaban J connectivity index is 0.